The van der Waals surface area contributed by atoms with Crippen LogP contribution in [0.15, 0.2) is 0 Å². The highest BCUT2D eigenvalue weighted by molar-refractivity contribution is 4.78. The Morgan fingerprint density at radius 2 is 1.94 bits per heavy atom. The topological polar surface area (TPSA) is 24.5 Å². The number of ether oxygens (including phenoxy) is 1. The van der Waals surface area contributed by atoms with E-state index in [0.717, 1.165) is 13.2 Å². The summed E-state index contributed by atoms with van der Waals surface area (Å²) < 4.78 is 5.10. The molecule has 0 amide bonds. The summed E-state index contributed by atoms with van der Waals surface area (Å²) in [6.45, 7) is 12.5. The highest BCUT2D eigenvalue weighted by Gasteiger charge is 2.24. The summed E-state index contributed by atoms with van der Waals surface area (Å²) in [4.78, 5) is 2.57. The van der Waals surface area contributed by atoms with Crippen molar-refractivity contribution < 1.29 is 4.74 Å². The van der Waals surface area contributed by atoms with E-state index in [2.05, 4.69) is 31.0 Å². The molecule has 0 bridgehead atoms. The van der Waals surface area contributed by atoms with Gasteiger partial charge < -0.3 is 15.0 Å². The molecule has 0 spiro atoms. The fourth-order valence-electron chi connectivity index (χ4n) is 2.16. The Morgan fingerprint density at radius 1 is 1.31 bits per heavy atom. The number of hydrogen-bond acceptors (Lipinski definition) is 3. The molecule has 0 aromatic carbocycles. The second-order valence-electron chi connectivity index (χ2n) is 5.82. The SMILES string of the molecule is COCC(C)NCCN1CCC(C)(C)CC1. The quantitative estimate of drug-likeness (QED) is 0.749. The molecule has 0 aromatic heterocycles. The summed E-state index contributed by atoms with van der Waals surface area (Å²) >= 11 is 0. The van der Waals surface area contributed by atoms with Crippen LogP contribution >= 0.6 is 0 Å². The first-order chi connectivity index (χ1) is 7.53. The van der Waals surface area contributed by atoms with Gasteiger partial charge in [-0.1, -0.05) is 13.8 Å². The van der Waals surface area contributed by atoms with Gasteiger partial charge in [0.2, 0.25) is 0 Å². The minimum atomic E-state index is 0.464. The van der Waals surface area contributed by atoms with E-state index in [-0.39, 0.29) is 0 Å². The predicted octanol–water partition coefficient (Wildman–Crippen LogP) is 1.73. The van der Waals surface area contributed by atoms with E-state index >= 15 is 0 Å². The molecule has 16 heavy (non-hydrogen) atoms. The molecule has 0 saturated carbocycles. The smallest absolute Gasteiger partial charge is 0.0613 e. The number of nitrogens with zero attached hydrogens (tertiary/aromatic N) is 1. The number of nitrogens with one attached hydrogen (secondary N) is 1. The van der Waals surface area contributed by atoms with Gasteiger partial charge in [-0.05, 0) is 38.3 Å². The molecule has 1 saturated heterocycles. The second-order valence-corrected chi connectivity index (χ2v) is 5.82. The minimum absolute atomic E-state index is 0.464. The molecule has 96 valence electrons. The molecule has 1 atom stereocenters. The van der Waals surface area contributed by atoms with Gasteiger partial charge in [-0.3, -0.25) is 0 Å². The molecule has 0 aliphatic carbocycles. The maximum absolute atomic E-state index is 5.10. The van der Waals surface area contributed by atoms with Crippen molar-refractivity contribution in [2.75, 3.05) is 39.9 Å². The number of piperidine rings is 1. The van der Waals surface area contributed by atoms with Crippen LogP contribution in [0.1, 0.15) is 33.6 Å². The Labute approximate surface area is 101 Å². The zero-order valence-corrected chi connectivity index (χ0v) is 11.4. The van der Waals surface area contributed by atoms with E-state index in [1.165, 1.54) is 32.5 Å². The first kappa shape index (κ1) is 13.9. The lowest BCUT2D eigenvalue weighted by atomic mass is 9.83. The third-order valence-corrected chi connectivity index (χ3v) is 3.55. The highest BCUT2D eigenvalue weighted by atomic mass is 16.5. The molecule has 1 rings (SSSR count). The van der Waals surface area contributed by atoms with Crippen molar-refractivity contribution in [3.05, 3.63) is 0 Å². The first-order valence-corrected chi connectivity index (χ1v) is 6.48. The summed E-state index contributed by atoms with van der Waals surface area (Å²) in [6.07, 6.45) is 2.67. The first-order valence-electron chi connectivity index (χ1n) is 6.48. The van der Waals surface area contributed by atoms with E-state index in [0.29, 0.717) is 11.5 Å². The zero-order valence-electron chi connectivity index (χ0n) is 11.4. The number of hydrogen-bond donors (Lipinski definition) is 1. The number of rotatable bonds is 6. The van der Waals surface area contributed by atoms with Gasteiger partial charge in [0.25, 0.3) is 0 Å². The second kappa shape index (κ2) is 6.58. The van der Waals surface area contributed by atoms with E-state index in [1.807, 2.05) is 0 Å². The van der Waals surface area contributed by atoms with Gasteiger partial charge in [0.05, 0.1) is 6.61 Å². The summed E-state index contributed by atoms with van der Waals surface area (Å²) in [5, 5.41) is 3.48. The molecular weight excluding hydrogens is 200 g/mol. The van der Waals surface area contributed by atoms with Gasteiger partial charge in [0.1, 0.15) is 0 Å². The monoisotopic (exact) mass is 228 g/mol. The van der Waals surface area contributed by atoms with E-state index in [4.69, 9.17) is 4.74 Å². The third kappa shape index (κ3) is 5.28. The largest absolute Gasteiger partial charge is 0.383 e. The Hall–Kier alpha value is -0.120. The normalized spacial score (nSPS) is 23.2. The standard InChI is InChI=1S/C13H28N2O/c1-12(11-16-4)14-7-10-15-8-5-13(2,3)6-9-15/h12,14H,5-11H2,1-4H3. The van der Waals surface area contributed by atoms with Crippen molar-refractivity contribution >= 4 is 0 Å². The lowest BCUT2D eigenvalue weighted by molar-refractivity contribution is 0.128. The lowest BCUT2D eigenvalue weighted by Crippen LogP contribution is -2.42. The van der Waals surface area contributed by atoms with Crippen molar-refractivity contribution in [1.29, 1.82) is 0 Å². The van der Waals surface area contributed by atoms with E-state index in [1.54, 1.807) is 7.11 Å². The van der Waals surface area contributed by atoms with Crippen molar-refractivity contribution in [1.82, 2.24) is 10.2 Å². The molecule has 1 aliphatic rings. The van der Waals surface area contributed by atoms with E-state index < -0.39 is 0 Å². The lowest BCUT2D eigenvalue weighted by Gasteiger charge is -2.37. The van der Waals surface area contributed by atoms with Gasteiger partial charge >= 0.3 is 0 Å². The van der Waals surface area contributed by atoms with Crippen LogP contribution in [0.2, 0.25) is 0 Å². The maximum Gasteiger partial charge on any atom is 0.0613 e. The van der Waals surface area contributed by atoms with Crippen LogP contribution < -0.4 is 5.32 Å². The van der Waals surface area contributed by atoms with Crippen LogP contribution in [0.3, 0.4) is 0 Å². The van der Waals surface area contributed by atoms with Gasteiger partial charge in [-0.15, -0.1) is 0 Å². The molecule has 1 fully saturated rings. The number of likely N-dealkylation sites (tertiary alicyclic amines) is 1. The summed E-state index contributed by atoms with van der Waals surface area (Å²) in [5.74, 6) is 0. The van der Waals surface area contributed by atoms with E-state index in [9.17, 15) is 0 Å². The van der Waals surface area contributed by atoms with Gasteiger partial charge in [-0.2, -0.15) is 0 Å². The Balaban J connectivity index is 2.06. The van der Waals surface area contributed by atoms with Crippen molar-refractivity contribution in [2.24, 2.45) is 5.41 Å². The molecule has 1 heterocycles. The molecule has 3 nitrogen and oxygen atoms in total. The van der Waals surface area contributed by atoms with Crippen LogP contribution in [0.25, 0.3) is 0 Å². The fourth-order valence-corrected chi connectivity index (χ4v) is 2.16. The van der Waals surface area contributed by atoms with Gasteiger partial charge in [0.15, 0.2) is 0 Å². The van der Waals surface area contributed by atoms with Crippen molar-refractivity contribution in [3.63, 3.8) is 0 Å². The molecule has 0 radical (unpaired) electrons. The third-order valence-electron chi connectivity index (χ3n) is 3.55. The number of methoxy groups -OCH3 is 1. The molecule has 0 aromatic rings. The van der Waals surface area contributed by atoms with Gasteiger partial charge in [0, 0.05) is 26.2 Å². The highest BCUT2D eigenvalue weighted by Crippen LogP contribution is 2.29. The van der Waals surface area contributed by atoms with Crippen LogP contribution in [-0.2, 0) is 4.74 Å². The predicted molar refractivity (Wildman–Crippen MR) is 68.8 cm³/mol. The van der Waals surface area contributed by atoms with Gasteiger partial charge in [-0.25, -0.2) is 0 Å². The van der Waals surface area contributed by atoms with Crippen LogP contribution in [-0.4, -0.2) is 50.8 Å². The molecular formula is C13H28N2O. The van der Waals surface area contributed by atoms with Crippen LogP contribution in [0.4, 0.5) is 0 Å². The van der Waals surface area contributed by atoms with Crippen molar-refractivity contribution in [3.8, 4) is 0 Å². The Bertz CT molecular complexity index is 184. The summed E-state index contributed by atoms with van der Waals surface area (Å²) in [6, 6.07) is 0.464. The molecule has 3 heteroatoms. The molecule has 1 unspecified atom stereocenters. The average molecular weight is 228 g/mol. The summed E-state index contributed by atoms with van der Waals surface area (Å²) in [5.41, 5.74) is 0.563. The minimum Gasteiger partial charge on any atom is -0.383 e. The van der Waals surface area contributed by atoms with Crippen LogP contribution in [0.5, 0.6) is 0 Å². The maximum atomic E-state index is 5.10. The Morgan fingerprint density at radius 3 is 2.50 bits per heavy atom. The zero-order chi connectivity index (χ0) is 12.0. The molecule has 1 aliphatic heterocycles. The fraction of sp³-hybridized carbons (Fsp3) is 1.00. The summed E-state index contributed by atoms with van der Waals surface area (Å²) in [7, 11) is 1.75. The average Bonchev–Trinajstić information content (AvgIpc) is 2.21. The molecule has 1 N–H and O–H groups in total. The van der Waals surface area contributed by atoms with Crippen molar-refractivity contribution in [2.45, 2.75) is 39.7 Å². The Kier molecular flexibility index (Phi) is 5.73. The van der Waals surface area contributed by atoms with Crippen LogP contribution in [0, 0.1) is 5.41 Å².